The molecule has 0 atom stereocenters. The second-order valence-corrected chi connectivity index (χ2v) is 11.0. The maximum atomic E-state index is 15.0. The summed E-state index contributed by atoms with van der Waals surface area (Å²) in [4.78, 5) is 12.7. The lowest BCUT2D eigenvalue weighted by molar-refractivity contribution is 0.0184. The van der Waals surface area contributed by atoms with Crippen LogP contribution in [0.4, 0.5) is 8.78 Å². The number of allylic oxidation sites excluding steroid dienone is 4. The fourth-order valence-corrected chi connectivity index (χ4v) is 5.56. The molecule has 2 nitrogen and oxygen atoms in total. The second kappa shape index (κ2) is 13.7. The fraction of sp³-hybridized carbons (Fsp3) is 0.441. The molecule has 2 fully saturated rings. The van der Waals surface area contributed by atoms with E-state index in [0.29, 0.717) is 11.8 Å². The summed E-state index contributed by atoms with van der Waals surface area (Å²) < 4.78 is 35.6. The van der Waals surface area contributed by atoms with Gasteiger partial charge in [0.2, 0.25) is 0 Å². The van der Waals surface area contributed by atoms with E-state index < -0.39 is 17.6 Å². The van der Waals surface area contributed by atoms with E-state index in [0.717, 1.165) is 56.1 Å². The first kappa shape index (κ1) is 28.0. The van der Waals surface area contributed by atoms with Gasteiger partial charge in [0, 0.05) is 11.1 Å². The van der Waals surface area contributed by atoms with Gasteiger partial charge in [-0.15, -0.1) is 6.58 Å². The highest BCUT2D eigenvalue weighted by molar-refractivity contribution is 5.90. The number of benzene rings is 2. The van der Waals surface area contributed by atoms with Crippen LogP contribution >= 0.6 is 0 Å². The summed E-state index contributed by atoms with van der Waals surface area (Å²) in [5.41, 5.74) is 1.25. The number of carbonyl (C=O) groups is 1. The van der Waals surface area contributed by atoms with Crippen LogP contribution in [0.2, 0.25) is 0 Å². The Morgan fingerprint density at radius 2 is 1.50 bits per heavy atom. The van der Waals surface area contributed by atoms with Gasteiger partial charge in [0.1, 0.15) is 17.7 Å². The zero-order chi connectivity index (χ0) is 26.9. The van der Waals surface area contributed by atoms with Crippen LogP contribution < -0.4 is 0 Å². The Balaban J connectivity index is 1.33. The standard InChI is InChI=1S/C34H40F2O2/c1-3-4-5-6-7-25-14-18-29(19-15-25)38-34(37)28-17-21-31(33(36)23-28)30-20-16-27(22-32(30)35)13-12-26-10-8-24(2)9-11-26/h3,6-7,12-13,16-17,20-26,29H,1,4-5,8-11,14-15,18-19H2,2H3/b7-6+,13-12+. The molecule has 0 spiro atoms. The number of hydrogen-bond acceptors (Lipinski definition) is 2. The molecule has 0 aromatic heterocycles. The Kier molecular flexibility index (Phi) is 10.1. The Bertz CT molecular complexity index is 1150. The second-order valence-electron chi connectivity index (χ2n) is 11.0. The van der Waals surface area contributed by atoms with Crippen molar-refractivity contribution in [1.29, 1.82) is 0 Å². The zero-order valence-electron chi connectivity index (χ0n) is 22.5. The molecule has 2 aliphatic carbocycles. The largest absolute Gasteiger partial charge is 0.459 e. The molecule has 4 rings (SSSR count). The molecule has 0 radical (unpaired) electrons. The molecule has 4 heteroatoms. The van der Waals surface area contributed by atoms with E-state index in [9.17, 15) is 9.18 Å². The van der Waals surface area contributed by atoms with Crippen LogP contribution in [-0.4, -0.2) is 12.1 Å². The fourth-order valence-electron chi connectivity index (χ4n) is 5.56. The molecular formula is C34H40F2O2. The number of hydrogen-bond donors (Lipinski definition) is 0. The van der Waals surface area contributed by atoms with Crippen molar-refractivity contribution in [3.05, 3.63) is 90.0 Å². The van der Waals surface area contributed by atoms with Gasteiger partial charge in [0.05, 0.1) is 5.56 Å². The van der Waals surface area contributed by atoms with Crippen LogP contribution in [0.3, 0.4) is 0 Å². The maximum absolute atomic E-state index is 15.0. The van der Waals surface area contributed by atoms with Crippen LogP contribution in [0.1, 0.15) is 87.1 Å². The van der Waals surface area contributed by atoms with Crippen molar-refractivity contribution in [3.63, 3.8) is 0 Å². The lowest BCUT2D eigenvalue weighted by atomic mass is 9.83. The van der Waals surface area contributed by atoms with Gasteiger partial charge in [-0.1, -0.05) is 68.3 Å². The number of esters is 1. The average molecular weight is 519 g/mol. The third kappa shape index (κ3) is 7.75. The molecule has 2 aliphatic rings. The van der Waals surface area contributed by atoms with Crippen molar-refractivity contribution in [2.45, 2.75) is 77.2 Å². The molecule has 0 bridgehead atoms. The first-order valence-electron chi connectivity index (χ1n) is 14.2. The number of halogens is 2. The summed E-state index contributed by atoms with van der Waals surface area (Å²) in [5.74, 6) is 0.204. The average Bonchev–Trinajstić information content (AvgIpc) is 2.92. The van der Waals surface area contributed by atoms with Gasteiger partial charge in [-0.25, -0.2) is 13.6 Å². The topological polar surface area (TPSA) is 26.3 Å². The zero-order valence-corrected chi connectivity index (χ0v) is 22.5. The maximum Gasteiger partial charge on any atom is 0.338 e. The van der Waals surface area contributed by atoms with E-state index in [2.05, 4.69) is 31.7 Å². The summed E-state index contributed by atoms with van der Waals surface area (Å²) in [6.45, 7) is 6.03. The predicted molar refractivity (Wildman–Crippen MR) is 152 cm³/mol. The minimum atomic E-state index is -0.633. The molecule has 0 unspecified atom stereocenters. The highest BCUT2D eigenvalue weighted by Gasteiger charge is 2.24. The van der Waals surface area contributed by atoms with Crippen molar-refractivity contribution in [1.82, 2.24) is 0 Å². The summed E-state index contributed by atoms with van der Waals surface area (Å²) >= 11 is 0. The van der Waals surface area contributed by atoms with Crippen LogP contribution in [-0.2, 0) is 4.74 Å². The molecule has 0 amide bonds. The molecule has 0 saturated heterocycles. The molecule has 2 aromatic rings. The molecule has 0 aliphatic heterocycles. The summed E-state index contributed by atoms with van der Waals surface area (Å²) in [7, 11) is 0. The molecular weight excluding hydrogens is 478 g/mol. The Hall–Kier alpha value is -3.01. The number of unbranched alkanes of at least 4 members (excludes halogenated alkanes) is 1. The molecule has 202 valence electrons. The monoisotopic (exact) mass is 518 g/mol. The van der Waals surface area contributed by atoms with E-state index in [1.807, 2.05) is 18.2 Å². The van der Waals surface area contributed by atoms with Gasteiger partial charge in [0.25, 0.3) is 0 Å². The van der Waals surface area contributed by atoms with Crippen LogP contribution in [0.5, 0.6) is 0 Å². The van der Waals surface area contributed by atoms with E-state index in [1.165, 1.54) is 43.9 Å². The molecule has 2 saturated carbocycles. The Labute approximate surface area is 226 Å². The first-order chi connectivity index (χ1) is 18.4. The molecule has 0 heterocycles. The number of rotatable bonds is 9. The molecule has 2 aromatic carbocycles. The lowest BCUT2D eigenvalue weighted by Gasteiger charge is -2.26. The minimum Gasteiger partial charge on any atom is -0.459 e. The van der Waals surface area contributed by atoms with E-state index >= 15 is 4.39 Å². The minimum absolute atomic E-state index is 0.139. The van der Waals surface area contributed by atoms with Crippen molar-refractivity contribution >= 4 is 12.0 Å². The van der Waals surface area contributed by atoms with Gasteiger partial charge in [-0.3, -0.25) is 0 Å². The van der Waals surface area contributed by atoms with Gasteiger partial charge < -0.3 is 4.74 Å². The Morgan fingerprint density at radius 1 is 0.868 bits per heavy atom. The first-order valence-corrected chi connectivity index (χ1v) is 14.2. The smallest absolute Gasteiger partial charge is 0.338 e. The summed E-state index contributed by atoms with van der Waals surface area (Å²) in [6, 6.07) is 9.01. The third-order valence-corrected chi connectivity index (χ3v) is 8.05. The van der Waals surface area contributed by atoms with Crippen LogP contribution in [0, 0.1) is 29.4 Å². The Morgan fingerprint density at radius 3 is 2.16 bits per heavy atom. The van der Waals surface area contributed by atoms with E-state index in [4.69, 9.17) is 4.74 Å². The highest BCUT2D eigenvalue weighted by atomic mass is 19.1. The predicted octanol–water partition coefficient (Wildman–Crippen LogP) is 9.71. The van der Waals surface area contributed by atoms with Crippen molar-refractivity contribution in [2.75, 3.05) is 0 Å². The quantitative estimate of drug-likeness (QED) is 0.188. The van der Waals surface area contributed by atoms with Crippen LogP contribution in [0.25, 0.3) is 17.2 Å². The van der Waals surface area contributed by atoms with Gasteiger partial charge in [0.15, 0.2) is 0 Å². The van der Waals surface area contributed by atoms with E-state index in [1.54, 1.807) is 6.07 Å². The number of ether oxygens (including phenoxy) is 1. The SMILES string of the molecule is C=CCC/C=C/C1CCC(OC(=O)c2ccc(-c3ccc(/C=C/C4CCC(C)CC4)cc3F)c(F)c2)CC1. The van der Waals surface area contributed by atoms with Crippen molar-refractivity contribution in [2.24, 2.45) is 17.8 Å². The van der Waals surface area contributed by atoms with E-state index in [-0.39, 0.29) is 22.8 Å². The molecule has 38 heavy (non-hydrogen) atoms. The summed E-state index contributed by atoms with van der Waals surface area (Å²) in [6.07, 6.45) is 20.7. The van der Waals surface area contributed by atoms with Crippen LogP contribution in [0.15, 0.2) is 67.3 Å². The lowest BCUT2D eigenvalue weighted by Crippen LogP contribution is -2.24. The summed E-state index contributed by atoms with van der Waals surface area (Å²) in [5, 5.41) is 0. The van der Waals surface area contributed by atoms with Crippen molar-refractivity contribution < 1.29 is 18.3 Å². The van der Waals surface area contributed by atoms with Crippen molar-refractivity contribution in [3.8, 4) is 11.1 Å². The third-order valence-electron chi connectivity index (χ3n) is 8.05. The molecule has 0 N–H and O–H groups in total. The highest BCUT2D eigenvalue weighted by Crippen LogP contribution is 2.32. The van der Waals surface area contributed by atoms with Gasteiger partial charge in [-0.2, -0.15) is 0 Å². The normalized spacial score (nSPS) is 24.1. The number of carbonyl (C=O) groups excluding carboxylic acids is 1. The van der Waals surface area contributed by atoms with Gasteiger partial charge >= 0.3 is 5.97 Å². The van der Waals surface area contributed by atoms with Gasteiger partial charge in [-0.05, 0) is 92.9 Å².